The molecule has 100 valence electrons. The van der Waals surface area contributed by atoms with E-state index in [1.807, 2.05) is 0 Å². The second-order valence-corrected chi connectivity index (χ2v) is 6.71. The van der Waals surface area contributed by atoms with E-state index in [0.29, 0.717) is 12.0 Å². The van der Waals surface area contributed by atoms with Crippen LogP contribution >= 0.6 is 0 Å². The Morgan fingerprint density at radius 1 is 1.61 bits per heavy atom. The lowest BCUT2D eigenvalue weighted by molar-refractivity contribution is 0.582. The van der Waals surface area contributed by atoms with E-state index in [9.17, 15) is 12.8 Å². The summed E-state index contributed by atoms with van der Waals surface area (Å²) >= 11 is 0. The summed E-state index contributed by atoms with van der Waals surface area (Å²) < 4.78 is 36.9. The van der Waals surface area contributed by atoms with Gasteiger partial charge in [0.05, 0.1) is 11.5 Å². The van der Waals surface area contributed by atoms with Gasteiger partial charge < -0.3 is 10.6 Å². The van der Waals surface area contributed by atoms with Crippen molar-refractivity contribution in [3.05, 3.63) is 23.6 Å². The molecular formula is C11H16FN3O2S. The fourth-order valence-corrected chi connectivity index (χ4v) is 3.90. The highest BCUT2D eigenvalue weighted by atomic mass is 32.2. The monoisotopic (exact) mass is 273 g/mol. The Kier molecular flexibility index (Phi) is 3.54. The number of aromatic nitrogens is 1. The number of nitrogens with two attached hydrogens (primary N) is 1. The van der Waals surface area contributed by atoms with Gasteiger partial charge in [-0.3, -0.25) is 0 Å². The Morgan fingerprint density at radius 2 is 2.33 bits per heavy atom. The lowest BCUT2D eigenvalue weighted by Gasteiger charge is -2.25. The van der Waals surface area contributed by atoms with Gasteiger partial charge in [0, 0.05) is 31.4 Å². The molecule has 2 rings (SSSR count). The van der Waals surface area contributed by atoms with E-state index in [1.165, 1.54) is 12.3 Å². The molecule has 1 aliphatic rings. The van der Waals surface area contributed by atoms with Crippen molar-refractivity contribution in [3.8, 4) is 0 Å². The molecule has 1 aliphatic heterocycles. The van der Waals surface area contributed by atoms with Gasteiger partial charge in [0.15, 0.2) is 21.5 Å². The quantitative estimate of drug-likeness (QED) is 0.857. The first-order chi connectivity index (χ1) is 8.44. The van der Waals surface area contributed by atoms with Gasteiger partial charge in [-0.15, -0.1) is 0 Å². The maximum absolute atomic E-state index is 14.0. The lowest BCUT2D eigenvalue weighted by Crippen LogP contribution is -2.34. The first-order valence-corrected chi connectivity index (χ1v) is 7.53. The van der Waals surface area contributed by atoms with Crippen LogP contribution in [0.1, 0.15) is 12.0 Å². The zero-order valence-corrected chi connectivity index (χ0v) is 11.0. The standard InChI is InChI=1S/C11H16FN3O2S/c1-15(9-3-5-18(16,17)7-9)11-10(12)8(6-13)2-4-14-11/h2,4,9H,3,5-7,13H2,1H3. The molecule has 2 N–H and O–H groups in total. The number of hydrogen-bond acceptors (Lipinski definition) is 5. The van der Waals surface area contributed by atoms with Crippen LogP contribution in [0.4, 0.5) is 10.2 Å². The Hall–Kier alpha value is -1.21. The summed E-state index contributed by atoms with van der Waals surface area (Å²) in [7, 11) is -1.33. The molecule has 1 aromatic rings. The van der Waals surface area contributed by atoms with Gasteiger partial charge in [-0.25, -0.2) is 17.8 Å². The molecular weight excluding hydrogens is 257 g/mol. The smallest absolute Gasteiger partial charge is 0.170 e. The predicted molar refractivity (Wildman–Crippen MR) is 67.5 cm³/mol. The Bertz CT molecular complexity index is 547. The van der Waals surface area contributed by atoms with Crippen LogP contribution in [-0.2, 0) is 16.4 Å². The molecule has 0 amide bonds. The van der Waals surface area contributed by atoms with E-state index in [0.717, 1.165) is 0 Å². The largest absolute Gasteiger partial charge is 0.353 e. The fourth-order valence-electron chi connectivity index (χ4n) is 2.13. The number of hydrogen-bond donors (Lipinski definition) is 1. The summed E-state index contributed by atoms with van der Waals surface area (Å²) in [5, 5.41) is 0. The van der Waals surface area contributed by atoms with Crippen LogP contribution in [0.15, 0.2) is 12.3 Å². The number of halogens is 1. The van der Waals surface area contributed by atoms with Crippen LogP contribution in [0.2, 0.25) is 0 Å². The van der Waals surface area contributed by atoms with Crippen LogP contribution in [0.3, 0.4) is 0 Å². The summed E-state index contributed by atoms with van der Waals surface area (Å²) in [6.45, 7) is 0.0954. The highest BCUT2D eigenvalue weighted by Crippen LogP contribution is 2.24. The topological polar surface area (TPSA) is 76.3 Å². The molecule has 0 spiro atoms. The third kappa shape index (κ3) is 2.46. The van der Waals surface area contributed by atoms with E-state index in [2.05, 4.69) is 4.98 Å². The number of rotatable bonds is 3. The van der Waals surface area contributed by atoms with Gasteiger partial charge in [0.25, 0.3) is 0 Å². The maximum Gasteiger partial charge on any atom is 0.170 e. The summed E-state index contributed by atoms with van der Waals surface area (Å²) in [4.78, 5) is 5.58. The van der Waals surface area contributed by atoms with Crippen molar-refractivity contribution in [3.63, 3.8) is 0 Å². The van der Waals surface area contributed by atoms with Gasteiger partial charge in [0.1, 0.15) is 0 Å². The average molecular weight is 273 g/mol. The number of nitrogens with zero attached hydrogens (tertiary/aromatic N) is 2. The van der Waals surface area contributed by atoms with Gasteiger partial charge in [-0.1, -0.05) is 0 Å². The van der Waals surface area contributed by atoms with Crippen LogP contribution < -0.4 is 10.6 Å². The van der Waals surface area contributed by atoms with Gasteiger partial charge in [-0.2, -0.15) is 0 Å². The van der Waals surface area contributed by atoms with Crippen molar-refractivity contribution >= 4 is 15.7 Å². The molecule has 1 aromatic heterocycles. The third-order valence-electron chi connectivity index (χ3n) is 3.26. The Morgan fingerprint density at radius 3 is 2.89 bits per heavy atom. The van der Waals surface area contributed by atoms with E-state index in [4.69, 9.17) is 5.73 Å². The van der Waals surface area contributed by atoms with Crippen molar-refractivity contribution in [1.82, 2.24) is 4.98 Å². The highest BCUT2D eigenvalue weighted by Gasteiger charge is 2.32. The zero-order valence-electron chi connectivity index (χ0n) is 10.1. The highest BCUT2D eigenvalue weighted by molar-refractivity contribution is 7.91. The van der Waals surface area contributed by atoms with Gasteiger partial charge in [-0.05, 0) is 12.5 Å². The second-order valence-electron chi connectivity index (χ2n) is 4.48. The van der Waals surface area contributed by atoms with Crippen molar-refractivity contribution in [1.29, 1.82) is 0 Å². The second kappa shape index (κ2) is 4.81. The molecule has 0 bridgehead atoms. The molecule has 0 aromatic carbocycles. The van der Waals surface area contributed by atoms with Crippen molar-refractivity contribution in [2.24, 2.45) is 5.73 Å². The molecule has 1 saturated heterocycles. The minimum Gasteiger partial charge on any atom is -0.353 e. The molecule has 1 atom stereocenters. The van der Waals surface area contributed by atoms with E-state index >= 15 is 0 Å². The zero-order chi connectivity index (χ0) is 13.3. The molecule has 0 radical (unpaired) electrons. The number of anilines is 1. The van der Waals surface area contributed by atoms with E-state index in [-0.39, 0.29) is 29.9 Å². The molecule has 0 saturated carbocycles. The number of pyridine rings is 1. The Balaban J connectivity index is 2.27. The fraction of sp³-hybridized carbons (Fsp3) is 0.545. The van der Waals surface area contributed by atoms with E-state index < -0.39 is 15.7 Å². The summed E-state index contributed by atoms with van der Waals surface area (Å²) in [5.41, 5.74) is 5.82. The molecule has 2 heterocycles. The van der Waals surface area contributed by atoms with Crippen LogP contribution in [-0.4, -0.2) is 38.0 Å². The van der Waals surface area contributed by atoms with Crippen LogP contribution in [0.5, 0.6) is 0 Å². The van der Waals surface area contributed by atoms with Crippen LogP contribution in [0.25, 0.3) is 0 Å². The summed E-state index contributed by atoms with van der Waals surface area (Å²) in [6.07, 6.45) is 1.99. The summed E-state index contributed by atoms with van der Waals surface area (Å²) in [5.74, 6) is -0.0932. The van der Waals surface area contributed by atoms with Gasteiger partial charge in [0.2, 0.25) is 0 Å². The molecule has 18 heavy (non-hydrogen) atoms. The van der Waals surface area contributed by atoms with Crippen molar-refractivity contribution in [2.75, 3.05) is 23.5 Å². The normalized spacial score (nSPS) is 22.1. The minimum atomic E-state index is -2.99. The lowest BCUT2D eigenvalue weighted by atomic mass is 10.2. The SMILES string of the molecule is CN(c1nccc(CN)c1F)C1CCS(=O)(=O)C1. The van der Waals surface area contributed by atoms with Crippen molar-refractivity contribution < 1.29 is 12.8 Å². The number of sulfone groups is 1. The van der Waals surface area contributed by atoms with Crippen LogP contribution in [0, 0.1) is 5.82 Å². The molecule has 0 aliphatic carbocycles. The average Bonchev–Trinajstić information content (AvgIpc) is 2.69. The molecule has 1 fully saturated rings. The molecule has 7 heteroatoms. The predicted octanol–water partition coefficient (Wildman–Crippen LogP) is 0.303. The first kappa shape index (κ1) is 13.2. The minimum absolute atomic E-state index is 0.0530. The summed E-state index contributed by atoms with van der Waals surface area (Å²) in [6, 6.07) is 1.31. The van der Waals surface area contributed by atoms with Gasteiger partial charge >= 0.3 is 0 Å². The first-order valence-electron chi connectivity index (χ1n) is 5.71. The molecule has 5 nitrogen and oxygen atoms in total. The Labute approximate surface area is 106 Å². The van der Waals surface area contributed by atoms with Crippen molar-refractivity contribution in [2.45, 2.75) is 19.0 Å². The maximum atomic E-state index is 14.0. The third-order valence-corrected chi connectivity index (χ3v) is 5.01. The molecule has 1 unspecified atom stereocenters. The van der Waals surface area contributed by atoms with E-state index in [1.54, 1.807) is 11.9 Å².